The molecule has 0 unspecified atom stereocenters. The van der Waals surface area contributed by atoms with Crippen molar-refractivity contribution in [3.8, 4) is 0 Å². The summed E-state index contributed by atoms with van der Waals surface area (Å²) in [5, 5.41) is 0. The molecule has 2 rings (SSSR count). The van der Waals surface area contributed by atoms with E-state index >= 15 is 0 Å². The predicted molar refractivity (Wildman–Crippen MR) is 83.6 cm³/mol. The van der Waals surface area contributed by atoms with Crippen LogP contribution in [0.25, 0.3) is 0 Å². The van der Waals surface area contributed by atoms with E-state index in [1.54, 1.807) is 43.7 Å². The standard InChI is InChI=1S/C15H17ClN2O2S/c1-12-5-6-15(8-14(12)9-16)21(19,20)18(2)11-13-4-3-7-17-10-13/h3-8,10H,9,11H2,1-2H3. The Balaban J connectivity index is 2.29. The van der Waals surface area contributed by atoms with Gasteiger partial charge in [-0.05, 0) is 41.8 Å². The van der Waals surface area contributed by atoms with Crippen LogP contribution in [0, 0.1) is 6.92 Å². The first-order chi connectivity index (χ1) is 9.95. The summed E-state index contributed by atoms with van der Waals surface area (Å²) in [6.07, 6.45) is 3.32. The van der Waals surface area contributed by atoms with E-state index in [0.29, 0.717) is 5.88 Å². The van der Waals surface area contributed by atoms with Crippen LogP contribution in [0.15, 0.2) is 47.6 Å². The van der Waals surface area contributed by atoms with Crippen LogP contribution in [0.3, 0.4) is 0 Å². The van der Waals surface area contributed by atoms with Gasteiger partial charge in [0.05, 0.1) is 4.90 Å². The molecule has 0 spiro atoms. The maximum atomic E-state index is 12.6. The second kappa shape index (κ2) is 6.56. The van der Waals surface area contributed by atoms with Gasteiger partial charge in [-0.1, -0.05) is 12.1 Å². The summed E-state index contributed by atoms with van der Waals surface area (Å²) >= 11 is 5.85. The summed E-state index contributed by atoms with van der Waals surface area (Å²) in [7, 11) is -1.98. The van der Waals surface area contributed by atoms with E-state index in [4.69, 9.17) is 11.6 Å². The van der Waals surface area contributed by atoms with Crippen LogP contribution < -0.4 is 0 Å². The van der Waals surface area contributed by atoms with E-state index in [9.17, 15) is 8.42 Å². The number of aryl methyl sites for hydroxylation is 1. The minimum Gasteiger partial charge on any atom is -0.264 e. The van der Waals surface area contributed by atoms with Crippen LogP contribution in [0.5, 0.6) is 0 Å². The van der Waals surface area contributed by atoms with E-state index in [0.717, 1.165) is 16.7 Å². The van der Waals surface area contributed by atoms with Crippen molar-refractivity contribution in [2.75, 3.05) is 7.05 Å². The molecule has 2 aromatic rings. The lowest BCUT2D eigenvalue weighted by atomic mass is 10.1. The molecule has 0 N–H and O–H groups in total. The minimum atomic E-state index is -3.54. The summed E-state index contributed by atoms with van der Waals surface area (Å²) < 4.78 is 26.5. The Kier molecular flexibility index (Phi) is 4.98. The maximum absolute atomic E-state index is 12.6. The molecule has 0 amide bonds. The van der Waals surface area contributed by atoms with Gasteiger partial charge in [0.2, 0.25) is 10.0 Å². The Morgan fingerprint density at radius 2 is 2.05 bits per heavy atom. The highest BCUT2D eigenvalue weighted by atomic mass is 35.5. The van der Waals surface area contributed by atoms with Crippen molar-refractivity contribution >= 4 is 21.6 Å². The van der Waals surface area contributed by atoms with Crippen LogP contribution in [0.4, 0.5) is 0 Å². The third-order valence-corrected chi connectivity index (χ3v) is 5.39. The fourth-order valence-corrected chi connectivity index (χ4v) is 3.46. The van der Waals surface area contributed by atoms with Gasteiger partial charge in [0.25, 0.3) is 0 Å². The normalized spacial score (nSPS) is 11.8. The summed E-state index contributed by atoms with van der Waals surface area (Å²) in [6.45, 7) is 2.19. The summed E-state index contributed by atoms with van der Waals surface area (Å²) in [4.78, 5) is 4.25. The number of pyridine rings is 1. The van der Waals surface area contributed by atoms with Crippen LogP contribution in [0.2, 0.25) is 0 Å². The summed E-state index contributed by atoms with van der Waals surface area (Å²) in [6, 6.07) is 8.66. The smallest absolute Gasteiger partial charge is 0.243 e. The first-order valence-corrected chi connectivity index (χ1v) is 8.43. The highest BCUT2D eigenvalue weighted by Gasteiger charge is 2.21. The van der Waals surface area contributed by atoms with Gasteiger partial charge >= 0.3 is 0 Å². The summed E-state index contributed by atoms with van der Waals surface area (Å²) in [5.41, 5.74) is 2.65. The average molecular weight is 325 g/mol. The van der Waals surface area contributed by atoms with Crippen molar-refractivity contribution in [3.05, 3.63) is 59.4 Å². The maximum Gasteiger partial charge on any atom is 0.243 e. The van der Waals surface area contributed by atoms with Gasteiger partial charge in [-0.25, -0.2) is 8.42 Å². The lowest BCUT2D eigenvalue weighted by Crippen LogP contribution is -2.26. The Labute approximate surface area is 130 Å². The topological polar surface area (TPSA) is 50.3 Å². The quantitative estimate of drug-likeness (QED) is 0.794. The largest absolute Gasteiger partial charge is 0.264 e. The van der Waals surface area contributed by atoms with Gasteiger partial charge in [0.1, 0.15) is 0 Å². The molecule has 0 radical (unpaired) electrons. The first-order valence-electron chi connectivity index (χ1n) is 6.46. The van der Waals surface area contributed by atoms with Gasteiger partial charge in [0, 0.05) is 31.9 Å². The molecule has 0 aliphatic rings. The van der Waals surface area contributed by atoms with Crippen molar-refractivity contribution in [1.82, 2.24) is 9.29 Å². The second-order valence-electron chi connectivity index (χ2n) is 4.84. The third-order valence-electron chi connectivity index (χ3n) is 3.30. The molecule has 21 heavy (non-hydrogen) atoms. The van der Waals surface area contributed by atoms with E-state index < -0.39 is 10.0 Å². The Morgan fingerprint density at radius 1 is 1.29 bits per heavy atom. The summed E-state index contributed by atoms with van der Waals surface area (Å²) in [5.74, 6) is 0.293. The van der Waals surface area contributed by atoms with Crippen molar-refractivity contribution in [2.45, 2.75) is 24.2 Å². The number of nitrogens with zero attached hydrogens (tertiary/aromatic N) is 2. The zero-order valence-corrected chi connectivity index (χ0v) is 13.5. The van der Waals surface area contributed by atoms with Crippen molar-refractivity contribution in [3.63, 3.8) is 0 Å². The fourth-order valence-electron chi connectivity index (χ4n) is 1.97. The highest BCUT2D eigenvalue weighted by molar-refractivity contribution is 7.89. The zero-order chi connectivity index (χ0) is 15.5. The molecule has 1 heterocycles. The number of sulfonamides is 1. The Hall–Kier alpha value is -1.43. The SMILES string of the molecule is Cc1ccc(S(=O)(=O)N(C)Cc2cccnc2)cc1CCl. The molecule has 112 valence electrons. The molecule has 1 aromatic heterocycles. The molecular weight excluding hydrogens is 308 g/mol. The molecule has 0 aliphatic heterocycles. The molecule has 0 aliphatic carbocycles. The molecular formula is C15H17ClN2O2S. The number of hydrogen-bond donors (Lipinski definition) is 0. The van der Waals surface area contributed by atoms with Gasteiger partial charge in [0.15, 0.2) is 0 Å². The van der Waals surface area contributed by atoms with Crippen molar-refractivity contribution in [2.24, 2.45) is 0 Å². The number of rotatable bonds is 5. The van der Waals surface area contributed by atoms with Crippen molar-refractivity contribution in [1.29, 1.82) is 0 Å². The van der Waals surface area contributed by atoms with Gasteiger partial charge in [-0.2, -0.15) is 4.31 Å². The molecule has 0 fully saturated rings. The molecule has 0 bridgehead atoms. The molecule has 6 heteroatoms. The van der Waals surface area contributed by atoms with Crippen molar-refractivity contribution < 1.29 is 8.42 Å². The van der Waals surface area contributed by atoms with Crippen LogP contribution in [-0.2, 0) is 22.4 Å². The van der Waals surface area contributed by atoms with E-state index in [-0.39, 0.29) is 11.4 Å². The van der Waals surface area contributed by atoms with Gasteiger partial charge < -0.3 is 0 Å². The van der Waals surface area contributed by atoms with E-state index in [1.807, 2.05) is 13.0 Å². The number of halogens is 1. The fraction of sp³-hybridized carbons (Fsp3) is 0.267. The van der Waals surface area contributed by atoms with Crippen LogP contribution in [0.1, 0.15) is 16.7 Å². The Morgan fingerprint density at radius 3 is 2.67 bits per heavy atom. The van der Waals surface area contributed by atoms with Crippen LogP contribution >= 0.6 is 11.6 Å². The Bertz CT molecular complexity index is 718. The van der Waals surface area contributed by atoms with Crippen LogP contribution in [-0.4, -0.2) is 24.8 Å². The number of hydrogen-bond acceptors (Lipinski definition) is 3. The molecule has 0 saturated carbocycles. The molecule has 4 nitrogen and oxygen atoms in total. The van der Waals surface area contributed by atoms with Gasteiger partial charge in [-0.15, -0.1) is 11.6 Å². The monoisotopic (exact) mass is 324 g/mol. The number of aromatic nitrogens is 1. The lowest BCUT2D eigenvalue weighted by Gasteiger charge is -2.18. The van der Waals surface area contributed by atoms with E-state index in [2.05, 4.69) is 4.98 Å². The average Bonchev–Trinajstić information content (AvgIpc) is 2.48. The first kappa shape index (κ1) is 15.9. The number of benzene rings is 1. The molecule has 0 atom stereocenters. The molecule has 0 saturated heterocycles. The van der Waals surface area contributed by atoms with E-state index in [1.165, 1.54) is 4.31 Å². The zero-order valence-electron chi connectivity index (χ0n) is 12.0. The number of alkyl halides is 1. The minimum absolute atomic E-state index is 0.259. The third kappa shape index (κ3) is 3.61. The van der Waals surface area contributed by atoms with Gasteiger partial charge in [-0.3, -0.25) is 4.98 Å². The molecule has 1 aromatic carbocycles. The lowest BCUT2D eigenvalue weighted by molar-refractivity contribution is 0.466. The predicted octanol–water partition coefficient (Wildman–Crippen LogP) is 2.95. The highest BCUT2D eigenvalue weighted by Crippen LogP contribution is 2.21. The second-order valence-corrected chi connectivity index (χ2v) is 7.16.